The number of hydrogen-bond acceptors (Lipinski definition) is 3. The first-order valence-electron chi connectivity index (χ1n) is 11.6. The van der Waals surface area contributed by atoms with E-state index in [1.54, 1.807) is 0 Å². The zero-order valence-corrected chi connectivity index (χ0v) is 17.9. The molecule has 1 aliphatic carbocycles. The minimum Gasteiger partial charge on any atom is -0.356 e. The number of rotatable bonds is 7. The fraction of sp³-hybridized carbons (Fsp3) is 0.600. The minimum atomic E-state index is 0.494. The summed E-state index contributed by atoms with van der Waals surface area (Å²) in [4.78, 5) is 21.2. The highest BCUT2D eigenvalue weighted by Gasteiger charge is 2.24. The molecule has 1 unspecified atom stereocenters. The Hall–Kier alpha value is -2.10. The van der Waals surface area contributed by atoms with Crippen molar-refractivity contribution in [2.75, 3.05) is 24.5 Å². The largest absolute Gasteiger partial charge is 0.356 e. The van der Waals surface area contributed by atoms with E-state index in [9.17, 15) is 4.79 Å². The Morgan fingerprint density at radius 1 is 1.14 bits per heavy atom. The second-order valence-electron chi connectivity index (χ2n) is 9.05. The third kappa shape index (κ3) is 4.91. The van der Waals surface area contributed by atoms with Crippen LogP contribution in [0.4, 0.5) is 5.82 Å². The molecule has 156 valence electrons. The number of anilines is 1. The van der Waals surface area contributed by atoms with E-state index in [0.717, 1.165) is 43.8 Å². The standard InChI is InChI=1S/C25H35N3O/c1-20-17-22-11-5-6-14-24(22)26-25(20)27-15-7-9-21(18-27)10-8-16-28(19-29)23-12-3-2-4-13-23/h5-6,11,14,17,19,21,23H,2-4,7-10,12-13,15-16,18H2,1H3. The highest BCUT2D eigenvalue weighted by atomic mass is 16.1. The van der Waals surface area contributed by atoms with E-state index in [0.29, 0.717) is 12.0 Å². The van der Waals surface area contributed by atoms with E-state index in [2.05, 4.69) is 47.1 Å². The molecule has 1 aliphatic heterocycles. The van der Waals surface area contributed by atoms with Gasteiger partial charge in [-0.05, 0) is 69.1 Å². The number of benzene rings is 1. The number of pyridine rings is 1. The molecule has 1 saturated carbocycles. The summed E-state index contributed by atoms with van der Waals surface area (Å²) in [6.45, 7) is 5.31. The van der Waals surface area contributed by atoms with Crippen LogP contribution in [0.1, 0.15) is 63.4 Å². The molecule has 4 nitrogen and oxygen atoms in total. The molecule has 1 aromatic heterocycles. The van der Waals surface area contributed by atoms with Crippen LogP contribution in [0.2, 0.25) is 0 Å². The number of para-hydroxylation sites is 1. The van der Waals surface area contributed by atoms with Crippen molar-refractivity contribution in [3.63, 3.8) is 0 Å². The van der Waals surface area contributed by atoms with Gasteiger partial charge < -0.3 is 9.80 Å². The predicted octanol–water partition coefficient (Wildman–Crippen LogP) is 5.33. The molecule has 1 amide bonds. The third-order valence-electron chi connectivity index (χ3n) is 6.91. The van der Waals surface area contributed by atoms with Gasteiger partial charge >= 0.3 is 0 Å². The Labute approximate surface area is 175 Å². The Morgan fingerprint density at radius 3 is 2.79 bits per heavy atom. The van der Waals surface area contributed by atoms with E-state index in [1.807, 2.05) is 0 Å². The van der Waals surface area contributed by atoms with Gasteiger partial charge in [-0.2, -0.15) is 0 Å². The molecule has 0 radical (unpaired) electrons. The fourth-order valence-corrected chi connectivity index (χ4v) is 5.32. The number of carbonyl (C=O) groups excluding carboxylic acids is 1. The van der Waals surface area contributed by atoms with E-state index in [4.69, 9.17) is 4.98 Å². The summed E-state index contributed by atoms with van der Waals surface area (Å²) in [5.74, 6) is 1.86. The van der Waals surface area contributed by atoms with Crippen LogP contribution in [-0.4, -0.2) is 42.0 Å². The van der Waals surface area contributed by atoms with Crippen LogP contribution in [0.15, 0.2) is 30.3 Å². The molecule has 1 saturated heterocycles. The molecule has 4 heteroatoms. The van der Waals surface area contributed by atoms with E-state index in [1.165, 1.54) is 62.3 Å². The normalized spacial score (nSPS) is 20.7. The smallest absolute Gasteiger partial charge is 0.209 e. The number of piperidine rings is 1. The fourth-order valence-electron chi connectivity index (χ4n) is 5.32. The van der Waals surface area contributed by atoms with Crippen molar-refractivity contribution < 1.29 is 4.79 Å². The Kier molecular flexibility index (Phi) is 6.68. The predicted molar refractivity (Wildman–Crippen MR) is 120 cm³/mol. The molecule has 1 atom stereocenters. The molecule has 2 heterocycles. The van der Waals surface area contributed by atoms with Gasteiger partial charge in [-0.3, -0.25) is 4.79 Å². The first-order valence-corrected chi connectivity index (χ1v) is 11.6. The maximum atomic E-state index is 11.6. The Bertz CT molecular complexity index is 815. The van der Waals surface area contributed by atoms with Gasteiger partial charge in [-0.1, -0.05) is 37.5 Å². The van der Waals surface area contributed by atoms with Crippen LogP contribution in [0.5, 0.6) is 0 Å². The number of carbonyl (C=O) groups is 1. The maximum Gasteiger partial charge on any atom is 0.209 e. The van der Waals surface area contributed by atoms with Gasteiger partial charge in [0.1, 0.15) is 5.82 Å². The van der Waals surface area contributed by atoms with E-state index < -0.39 is 0 Å². The average molecular weight is 394 g/mol. The van der Waals surface area contributed by atoms with Gasteiger partial charge in [0.25, 0.3) is 0 Å². The molecule has 29 heavy (non-hydrogen) atoms. The summed E-state index contributed by atoms with van der Waals surface area (Å²) in [5.41, 5.74) is 2.36. The molecular formula is C25H35N3O. The molecule has 0 spiro atoms. The van der Waals surface area contributed by atoms with E-state index in [-0.39, 0.29) is 0 Å². The van der Waals surface area contributed by atoms with Crippen molar-refractivity contribution in [2.24, 2.45) is 5.92 Å². The number of amides is 1. The Balaban J connectivity index is 1.34. The first-order chi connectivity index (χ1) is 14.2. The first kappa shape index (κ1) is 20.2. The van der Waals surface area contributed by atoms with Crippen LogP contribution >= 0.6 is 0 Å². The number of hydrogen-bond donors (Lipinski definition) is 0. The minimum absolute atomic E-state index is 0.494. The van der Waals surface area contributed by atoms with Crippen LogP contribution in [-0.2, 0) is 4.79 Å². The van der Waals surface area contributed by atoms with Gasteiger partial charge in [0.2, 0.25) is 6.41 Å². The second kappa shape index (κ2) is 9.60. The van der Waals surface area contributed by atoms with Gasteiger partial charge in [-0.25, -0.2) is 4.98 Å². The topological polar surface area (TPSA) is 36.4 Å². The summed E-state index contributed by atoms with van der Waals surface area (Å²) in [6, 6.07) is 11.2. The average Bonchev–Trinajstić information content (AvgIpc) is 2.77. The number of aromatic nitrogens is 1. The summed E-state index contributed by atoms with van der Waals surface area (Å²) < 4.78 is 0. The van der Waals surface area contributed by atoms with Crippen molar-refractivity contribution in [3.8, 4) is 0 Å². The molecule has 2 aliphatic rings. The summed E-state index contributed by atoms with van der Waals surface area (Å²) in [7, 11) is 0. The highest BCUT2D eigenvalue weighted by Crippen LogP contribution is 2.29. The van der Waals surface area contributed by atoms with Crippen molar-refractivity contribution >= 4 is 23.1 Å². The van der Waals surface area contributed by atoms with Crippen LogP contribution in [0, 0.1) is 12.8 Å². The van der Waals surface area contributed by atoms with Crippen LogP contribution in [0.3, 0.4) is 0 Å². The zero-order chi connectivity index (χ0) is 20.1. The van der Waals surface area contributed by atoms with Crippen LogP contribution in [0.25, 0.3) is 10.9 Å². The second-order valence-corrected chi connectivity index (χ2v) is 9.05. The zero-order valence-electron chi connectivity index (χ0n) is 17.9. The maximum absolute atomic E-state index is 11.6. The molecule has 0 bridgehead atoms. The number of aryl methyl sites for hydroxylation is 1. The third-order valence-corrected chi connectivity index (χ3v) is 6.91. The molecule has 4 rings (SSSR count). The summed E-state index contributed by atoms with van der Waals surface area (Å²) in [5, 5.41) is 1.22. The lowest BCUT2D eigenvalue weighted by atomic mass is 9.92. The SMILES string of the molecule is Cc1cc2ccccc2nc1N1CCCC(CCCN(C=O)C2CCCCC2)C1. The molecule has 0 N–H and O–H groups in total. The summed E-state index contributed by atoms with van der Waals surface area (Å²) in [6.07, 6.45) is 12.3. The van der Waals surface area contributed by atoms with Gasteiger partial charge in [0.05, 0.1) is 5.52 Å². The quantitative estimate of drug-likeness (QED) is 0.597. The lowest BCUT2D eigenvalue weighted by molar-refractivity contribution is -0.120. The van der Waals surface area contributed by atoms with Gasteiger partial charge in [-0.15, -0.1) is 0 Å². The highest BCUT2D eigenvalue weighted by molar-refractivity contribution is 5.81. The lowest BCUT2D eigenvalue weighted by Gasteiger charge is -2.35. The number of nitrogens with zero attached hydrogens (tertiary/aromatic N) is 3. The molecular weight excluding hydrogens is 358 g/mol. The van der Waals surface area contributed by atoms with Crippen molar-refractivity contribution in [2.45, 2.75) is 70.8 Å². The lowest BCUT2D eigenvalue weighted by Crippen LogP contribution is -2.38. The van der Waals surface area contributed by atoms with Gasteiger partial charge in [0.15, 0.2) is 0 Å². The van der Waals surface area contributed by atoms with Crippen LogP contribution < -0.4 is 4.90 Å². The van der Waals surface area contributed by atoms with Crippen molar-refractivity contribution in [3.05, 3.63) is 35.9 Å². The molecule has 2 aromatic rings. The molecule has 1 aromatic carbocycles. The monoisotopic (exact) mass is 393 g/mol. The number of fused-ring (bicyclic) bond motifs is 1. The van der Waals surface area contributed by atoms with E-state index >= 15 is 0 Å². The Morgan fingerprint density at radius 2 is 1.97 bits per heavy atom. The van der Waals surface area contributed by atoms with Gasteiger partial charge in [0, 0.05) is 31.1 Å². The van der Waals surface area contributed by atoms with Crippen molar-refractivity contribution in [1.82, 2.24) is 9.88 Å². The summed E-state index contributed by atoms with van der Waals surface area (Å²) >= 11 is 0. The molecule has 2 fully saturated rings. The van der Waals surface area contributed by atoms with Crippen molar-refractivity contribution in [1.29, 1.82) is 0 Å².